The van der Waals surface area contributed by atoms with Crippen molar-refractivity contribution in [3.05, 3.63) is 76.4 Å². The number of nitrogens with zero attached hydrogens (tertiary/aromatic N) is 3. The molecule has 1 aliphatic heterocycles. The second-order valence-electron chi connectivity index (χ2n) is 9.61. The molecule has 0 spiro atoms. The van der Waals surface area contributed by atoms with Crippen molar-refractivity contribution in [3.63, 3.8) is 0 Å². The Morgan fingerprint density at radius 2 is 1.81 bits per heavy atom. The van der Waals surface area contributed by atoms with Crippen LogP contribution in [-0.2, 0) is 15.1 Å². The van der Waals surface area contributed by atoms with E-state index in [1.165, 1.54) is 11.3 Å². The molecule has 1 saturated carbocycles. The molecular weight excluding hydrogens is 482 g/mol. The normalized spacial score (nSPS) is 16.7. The number of morpholine rings is 1. The number of aromatic nitrogens is 2. The molecule has 0 bridgehead atoms. The molecule has 3 heterocycles. The third kappa shape index (κ3) is 4.82. The zero-order valence-electron chi connectivity index (χ0n) is 20.7. The molecule has 0 radical (unpaired) electrons. The summed E-state index contributed by atoms with van der Waals surface area (Å²) in [5.74, 6) is 0.808. The van der Waals surface area contributed by atoms with Gasteiger partial charge in [0.05, 0.1) is 29.0 Å². The van der Waals surface area contributed by atoms with E-state index in [-0.39, 0.29) is 5.54 Å². The van der Waals surface area contributed by atoms with Crippen LogP contribution in [-0.4, -0.2) is 42.7 Å². The van der Waals surface area contributed by atoms with Crippen LogP contribution in [0.5, 0.6) is 0 Å². The Morgan fingerprint density at radius 3 is 2.57 bits per heavy atom. The van der Waals surface area contributed by atoms with Crippen LogP contribution < -0.4 is 15.5 Å². The van der Waals surface area contributed by atoms with Crippen LogP contribution in [0.25, 0.3) is 22.4 Å². The Hall–Kier alpha value is -3.75. The molecule has 0 atom stereocenters. The fraction of sp³-hybridized carbons (Fsp3) is 0.276. The summed E-state index contributed by atoms with van der Waals surface area (Å²) in [6.45, 7) is 5.50. The molecular formula is C29H29N5O2S. The van der Waals surface area contributed by atoms with Crippen LogP contribution >= 0.6 is 11.3 Å². The van der Waals surface area contributed by atoms with Crippen LogP contribution in [0.1, 0.15) is 35.1 Å². The number of aryl methyl sites for hydroxylation is 1. The summed E-state index contributed by atoms with van der Waals surface area (Å²) in [6.07, 6.45) is 8.64. The summed E-state index contributed by atoms with van der Waals surface area (Å²) in [4.78, 5) is 22.5. The number of ether oxygens (including phenoxy) is 1. The maximum absolute atomic E-state index is 11.1. The molecule has 2 fully saturated rings. The first-order valence-electron chi connectivity index (χ1n) is 12.6. The quantitative estimate of drug-likeness (QED) is 0.305. The van der Waals surface area contributed by atoms with Crippen molar-refractivity contribution >= 4 is 57.3 Å². The highest BCUT2D eigenvalue weighted by molar-refractivity contribution is 7.18. The van der Waals surface area contributed by atoms with Crippen molar-refractivity contribution in [2.24, 2.45) is 0 Å². The molecule has 1 amide bonds. The SMILES string of the molecule is Cc1ccc(C2(NC=O)CC2)cc1/C=C/c1csc2c(Nc3ccc(N4CCOCC4)cc3)ncnc12. The maximum atomic E-state index is 11.1. The second kappa shape index (κ2) is 9.95. The van der Waals surface area contributed by atoms with Crippen LogP contribution in [0.4, 0.5) is 17.2 Å². The number of rotatable bonds is 8. The molecule has 4 aromatic rings. The molecule has 188 valence electrons. The van der Waals surface area contributed by atoms with E-state index < -0.39 is 0 Å². The minimum Gasteiger partial charge on any atom is -0.378 e. The van der Waals surface area contributed by atoms with Crippen molar-refractivity contribution in [2.75, 3.05) is 36.5 Å². The highest BCUT2D eigenvalue weighted by Crippen LogP contribution is 2.45. The number of amides is 1. The molecule has 2 aliphatic rings. The van der Waals surface area contributed by atoms with Crippen molar-refractivity contribution in [1.82, 2.24) is 15.3 Å². The summed E-state index contributed by atoms with van der Waals surface area (Å²) in [7, 11) is 0. The van der Waals surface area contributed by atoms with E-state index >= 15 is 0 Å². The van der Waals surface area contributed by atoms with E-state index in [0.29, 0.717) is 0 Å². The predicted octanol–water partition coefficient (Wildman–Crippen LogP) is 5.49. The van der Waals surface area contributed by atoms with E-state index in [1.54, 1.807) is 17.7 Å². The van der Waals surface area contributed by atoms with Gasteiger partial charge in [-0.3, -0.25) is 4.79 Å². The molecule has 2 N–H and O–H groups in total. The monoisotopic (exact) mass is 511 g/mol. The Balaban J connectivity index is 1.22. The summed E-state index contributed by atoms with van der Waals surface area (Å²) in [6, 6.07) is 14.9. The van der Waals surface area contributed by atoms with Gasteiger partial charge in [-0.15, -0.1) is 11.3 Å². The predicted molar refractivity (Wildman–Crippen MR) is 150 cm³/mol. The smallest absolute Gasteiger partial charge is 0.207 e. The third-order valence-corrected chi connectivity index (χ3v) is 8.24. The third-order valence-electron chi connectivity index (χ3n) is 7.25. The lowest BCUT2D eigenvalue weighted by Crippen LogP contribution is -2.36. The number of carbonyl (C=O) groups excluding carboxylic acids is 1. The van der Waals surface area contributed by atoms with Gasteiger partial charge in [0.25, 0.3) is 0 Å². The minimum atomic E-state index is -0.193. The molecule has 1 aliphatic carbocycles. The molecule has 2 aromatic carbocycles. The van der Waals surface area contributed by atoms with Gasteiger partial charge < -0.3 is 20.3 Å². The van der Waals surface area contributed by atoms with Crippen LogP contribution in [0.2, 0.25) is 0 Å². The second-order valence-corrected chi connectivity index (χ2v) is 10.5. The number of anilines is 3. The lowest BCUT2D eigenvalue weighted by molar-refractivity contribution is -0.110. The molecule has 1 saturated heterocycles. The Morgan fingerprint density at radius 1 is 1.03 bits per heavy atom. The number of carbonyl (C=O) groups is 1. The van der Waals surface area contributed by atoms with Gasteiger partial charge in [0.1, 0.15) is 6.33 Å². The molecule has 6 rings (SSSR count). The number of hydrogen-bond acceptors (Lipinski definition) is 7. The lowest BCUT2D eigenvalue weighted by Gasteiger charge is -2.28. The van der Waals surface area contributed by atoms with E-state index in [1.807, 2.05) is 0 Å². The minimum absolute atomic E-state index is 0.193. The zero-order valence-corrected chi connectivity index (χ0v) is 21.6. The van der Waals surface area contributed by atoms with Crippen LogP contribution in [0, 0.1) is 6.92 Å². The van der Waals surface area contributed by atoms with Gasteiger partial charge in [-0.25, -0.2) is 9.97 Å². The number of hydrogen-bond donors (Lipinski definition) is 2. The van der Waals surface area contributed by atoms with Gasteiger partial charge in [-0.05, 0) is 66.8 Å². The van der Waals surface area contributed by atoms with E-state index in [9.17, 15) is 4.79 Å². The fourth-order valence-electron chi connectivity index (χ4n) is 4.84. The highest BCUT2D eigenvalue weighted by Gasteiger charge is 2.44. The van der Waals surface area contributed by atoms with Crippen LogP contribution in [0.15, 0.2) is 54.2 Å². The van der Waals surface area contributed by atoms with Gasteiger partial charge in [0.15, 0.2) is 5.82 Å². The number of benzene rings is 2. The Bertz CT molecular complexity index is 1450. The average molecular weight is 512 g/mol. The zero-order chi connectivity index (χ0) is 25.2. The standard InChI is InChI=1S/C29H29N5O2S/c1-20-2-5-23(29(10-11-29)32-19-35)16-21(20)3-4-22-17-37-27-26(22)30-18-31-28(27)33-24-6-8-25(9-7-24)34-12-14-36-15-13-34/h2-9,16-19H,10-15H2,1H3,(H,32,35)(H,30,31,33)/b4-3+. The topological polar surface area (TPSA) is 79.4 Å². The van der Waals surface area contributed by atoms with Gasteiger partial charge >= 0.3 is 0 Å². The number of nitrogens with one attached hydrogen (secondary N) is 2. The van der Waals surface area contributed by atoms with Gasteiger partial charge in [-0.2, -0.15) is 0 Å². The first-order valence-corrected chi connectivity index (χ1v) is 13.5. The maximum Gasteiger partial charge on any atom is 0.207 e. The molecule has 37 heavy (non-hydrogen) atoms. The largest absolute Gasteiger partial charge is 0.378 e. The number of thiophene rings is 1. The molecule has 8 heteroatoms. The molecule has 0 unspecified atom stereocenters. The van der Waals surface area contributed by atoms with E-state index in [2.05, 4.69) is 92.4 Å². The van der Waals surface area contributed by atoms with Gasteiger partial charge in [0, 0.05) is 35.4 Å². The van der Waals surface area contributed by atoms with E-state index in [0.717, 1.165) is 84.0 Å². The summed E-state index contributed by atoms with van der Waals surface area (Å²) in [5, 5.41) is 8.60. The van der Waals surface area contributed by atoms with E-state index in [4.69, 9.17) is 4.74 Å². The van der Waals surface area contributed by atoms with Crippen LogP contribution in [0.3, 0.4) is 0 Å². The van der Waals surface area contributed by atoms with Crippen molar-refractivity contribution in [2.45, 2.75) is 25.3 Å². The van der Waals surface area contributed by atoms with Crippen molar-refractivity contribution < 1.29 is 9.53 Å². The summed E-state index contributed by atoms with van der Waals surface area (Å²) < 4.78 is 6.48. The molecule has 2 aromatic heterocycles. The van der Waals surface area contributed by atoms with Crippen molar-refractivity contribution in [3.8, 4) is 0 Å². The first-order chi connectivity index (χ1) is 18.1. The fourth-order valence-corrected chi connectivity index (χ4v) is 5.77. The average Bonchev–Trinajstić information content (AvgIpc) is 3.60. The molecule has 7 nitrogen and oxygen atoms in total. The lowest BCUT2D eigenvalue weighted by atomic mass is 9.98. The Kier molecular flexibility index (Phi) is 6.36. The van der Waals surface area contributed by atoms with Crippen molar-refractivity contribution in [1.29, 1.82) is 0 Å². The van der Waals surface area contributed by atoms with Gasteiger partial charge in [0.2, 0.25) is 6.41 Å². The van der Waals surface area contributed by atoms with Gasteiger partial charge in [-0.1, -0.05) is 24.3 Å². The summed E-state index contributed by atoms with van der Waals surface area (Å²) in [5.41, 5.74) is 7.49. The highest BCUT2D eigenvalue weighted by atomic mass is 32.1. The Labute approximate surface area is 220 Å². The summed E-state index contributed by atoms with van der Waals surface area (Å²) >= 11 is 1.64. The first kappa shape index (κ1) is 23.6. The number of fused-ring (bicyclic) bond motifs is 1.